The second kappa shape index (κ2) is 5.03. The minimum absolute atomic E-state index is 0.190. The fourth-order valence-corrected chi connectivity index (χ4v) is 2.07. The normalized spacial score (nSPS) is 31.2. The third-order valence-corrected chi connectivity index (χ3v) is 3.10. The number of hydrogen-bond donors (Lipinski definition) is 2. The summed E-state index contributed by atoms with van der Waals surface area (Å²) in [6.07, 6.45) is -2.00. The van der Waals surface area contributed by atoms with Gasteiger partial charge in [-0.1, -0.05) is 13.3 Å². The van der Waals surface area contributed by atoms with Crippen molar-refractivity contribution in [2.24, 2.45) is 17.6 Å². The summed E-state index contributed by atoms with van der Waals surface area (Å²) < 4.78 is 35.7. The zero-order chi connectivity index (χ0) is 12.3. The van der Waals surface area contributed by atoms with E-state index in [4.69, 9.17) is 5.73 Å². The maximum absolute atomic E-state index is 11.9. The van der Waals surface area contributed by atoms with Gasteiger partial charge in [0.25, 0.3) is 0 Å². The number of halogens is 3. The van der Waals surface area contributed by atoms with Crippen LogP contribution in [0.4, 0.5) is 13.2 Å². The molecule has 3 N–H and O–H groups in total. The van der Waals surface area contributed by atoms with Gasteiger partial charge in [-0.2, -0.15) is 13.2 Å². The number of rotatable bonds is 2. The summed E-state index contributed by atoms with van der Waals surface area (Å²) in [7, 11) is 0. The predicted octanol–water partition coefficient (Wildman–Crippen LogP) is 1.43. The Morgan fingerprint density at radius 3 is 2.62 bits per heavy atom. The lowest BCUT2D eigenvalue weighted by molar-refractivity contribution is -0.142. The third kappa shape index (κ3) is 3.66. The van der Waals surface area contributed by atoms with E-state index >= 15 is 0 Å². The van der Waals surface area contributed by atoms with Crippen molar-refractivity contribution in [1.29, 1.82) is 0 Å². The summed E-state index contributed by atoms with van der Waals surface area (Å²) in [5.74, 6) is -0.863. The van der Waals surface area contributed by atoms with Crippen LogP contribution in [0.2, 0.25) is 0 Å². The summed E-state index contributed by atoms with van der Waals surface area (Å²) in [5, 5.41) is 1.90. The zero-order valence-electron chi connectivity index (χ0n) is 9.18. The van der Waals surface area contributed by atoms with E-state index in [9.17, 15) is 18.0 Å². The molecule has 1 aliphatic carbocycles. The van der Waals surface area contributed by atoms with Gasteiger partial charge in [-0.25, -0.2) is 0 Å². The van der Waals surface area contributed by atoms with Crippen LogP contribution in [0, 0.1) is 11.8 Å². The number of amides is 1. The molecule has 94 valence electrons. The van der Waals surface area contributed by atoms with Gasteiger partial charge < -0.3 is 11.1 Å². The lowest BCUT2D eigenvalue weighted by Crippen LogP contribution is -2.48. The van der Waals surface area contributed by atoms with Crippen LogP contribution in [0.25, 0.3) is 0 Å². The zero-order valence-corrected chi connectivity index (χ0v) is 9.18. The van der Waals surface area contributed by atoms with Gasteiger partial charge in [-0.3, -0.25) is 4.79 Å². The summed E-state index contributed by atoms with van der Waals surface area (Å²) in [6, 6.07) is -0.331. The summed E-state index contributed by atoms with van der Waals surface area (Å²) in [6.45, 7) is 0.650. The van der Waals surface area contributed by atoms with Crippen molar-refractivity contribution in [3.8, 4) is 0 Å². The maximum atomic E-state index is 11.9. The highest BCUT2D eigenvalue weighted by molar-refractivity contribution is 5.79. The quantitative estimate of drug-likeness (QED) is 0.764. The summed E-state index contributed by atoms with van der Waals surface area (Å²) in [4.78, 5) is 11.5. The van der Waals surface area contributed by atoms with Gasteiger partial charge >= 0.3 is 6.18 Å². The third-order valence-electron chi connectivity index (χ3n) is 3.10. The molecule has 0 saturated heterocycles. The molecule has 0 radical (unpaired) electrons. The minimum atomic E-state index is -4.36. The van der Waals surface area contributed by atoms with Crippen LogP contribution in [0.5, 0.6) is 0 Å². The SMILES string of the molecule is CC1CCCC(C(=O)NCC(F)(F)F)C1N. The van der Waals surface area contributed by atoms with Crippen LogP contribution < -0.4 is 11.1 Å². The van der Waals surface area contributed by atoms with Crippen molar-refractivity contribution in [2.75, 3.05) is 6.54 Å². The number of carbonyl (C=O) groups is 1. The Balaban J connectivity index is 2.47. The Labute approximate surface area is 92.6 Å². The molecule has 0 aromatic carbocycles. The van der Waals surface area contributed by atoms with Gasteiger partial charge in [0.1, 0.15) is 6.54 Å². The Morgan fingerprint density at radius 1 is 1.44 bits per heavy atom. The van der Waals surface area contributed by atoms with Gasteiger partial charge in [0.15, 0.2) is 0 Å². The average Bonchev–Trinajstić information content (AvgIpc) is 2.17. The monoisotopic (exact) mass is 238 g/mol. The van der Waals surface area contributed by atoms with E-state index in [1.54, 1.807) is 0 Å². The van der Waals surface area contributed by atoms with Gasteiger partial charge in [0.2, 0.25) is 5.91 Å². The Morgan fingerprint density at radius 2 is 2.06 bits per heavy atom. The number of nitrogens with two attached hydrogens (primary N) is 1. The second-order valence-electron chi connectivity index (χ2n) is 4.43. The van der Waals surface area contributed by atoms with Crippen LogP contribution in [-0.4, -0.2) is 24.7 Å². The lowest BCUT2D eigenvalue weighted by Gasteiger charge is -2.32. The second-order valence-corrected chi connectivity index (χ2v) is 4.43. The minimum Gasteiger partial charge on any atom is -0.347 e. The van der Waals surface area contributed by atoms with Crippen molar-refractivity contribution >= 4 is 5.91 Å². The first-order valence-electron chi connectivity index (χ1n) is 5.41. The lowest BCUT2D eigenvalue weighted by atomic mass is 9.78. The molecule has 0 spiro atoms. The van der Waals surface area contributed by atoms with E-state index in [1.165, 1.54) is 0 Å². The highest BCUT2D eigenvalue weighted by Gasteiger charge is 2.35. The van der Waals surface area contributed by atoms with Crippen LogP contribution in [0.3, 0.4) is 0 Å². The van der Waals surface area contributed by atoms with Gasteiger partial charge in [-0.15, -0.1) is 0 Å². The van der Waals surface area contributed by atoms with E-state index in [2.05, 4.69) is 0 Å². The van der Waals surface area contributed by atoms with Gasteiger partial charge in [0.05, 0.1) is 5.92 Å². The molecular weight excluding hydrogens is 221 g/mol. The first kappa shape index (κ1) is 13.3. The Bertz CT molecular complexity index is 255. The first-order chi connectivity index (χ1) is 7.31. The molecule has 0 aliphatic heterocycles. The van der Waals surface area contributed by atoms with E-state index in [0.717, 1.165) is 12.8 Å². The molecule has 16 heavy (non-hydrogen) atoms. The molecular formula is C10H17F3N2O. The Kier molecular flexibility index (Phi) is 4.18. The van der Waals surface area contributed by atoms with Crippen LogP contribution in [0.15, 0.2) is 0 Å². The molecule has 0 aromatic heterocycles. The topological polar surface area (TPSA) is 55.1 Å². The van der Waals surface area contributed by atoms with Crippen molar-refractivity contribution in [1.82, 2.24) is 5.32 Å². The fraction of sp³-hybridized carbons (Fsp3) is 0.900. The number of nitrogens with one attached hydrogen (secondary N) is 1. The molecule has 0 bridgehead atoms. The molecule has 1 saturated carbocycles. The van der Waals surface area contributed by atoms with E-state index < -0.39 is 24.5 Å². The molecule has 3 atom stereocenters. The van der Waals surface area contributed by atoms with E-state index in [0.29, 0.717) is 6.42 Å². The molecule has 0 aromatic rings. The molecule has 6 heteroatoms. The van der Waals surface area contributed by atoms with Gasteiger partial charge in [0, 0.05) is 6.04 Å². The van der Waals surface area contributed by atoms with Crippen molar-refractivity contribution in [3.05, 3.63) is 0 Å². The average molecular weight is 238 g/mol. The first-order valence-corrected chi connectivity index (χ1v) is 5.41. The van der Waals surface area contributed by atoms with Gasteiger partial charge in [-0.05, 0) is 18.8 Å². The molecule has 0 heterocycles. The van der Waals surface area contributed by atoms with Crippen LogP contribution >= 0.6 is 0 Å². The van der Waals surface area contributed by atoms with Crippen LogP contribution in [0.1, 0.15) is 26.2 Å². The van der Waals surface area contributed by atoms with Crippen LogP contribution in [-0.2, 0) is 4.79 Å². The fourth-order valence-electron chi connectivity index (χ4n) is 2.07. The summed E-state index contributed by atoms with van der Waals surface area (Å²) >= 11 is 0. The molecule has 3 nitrogen and oxygen atoms in total. The Hall–Kier alpha value is -0.780. The predicted molar refractivity (Wildman–Crippen MR) is 53.5 cm³/mol. The molecule has 1 fully saturated rings. The highest BCUT2D eigenvalue weighted by Crippen LogP contribution is 2.28. The highest BCUT2D eigenvalue weighted by atomic mass is 19.4. The van der Waals surface area contributed by atoms with E-state index in [-0.39, 0.29) is 12.0 Å². The molecule has 1 rings (SSSR count). The number of hydrogen-bond acceptors (Lipinski definition) is 2. The largest absolute Gasteiger partial charge is 0.405 e. The number of alkyl halides is 3. The van der Waals surface area contributed by atoms with Crippen molar-refractivity contribution in [2.45, 2.75) is 38.4 Å². The molecule has 3 unspecified atom stereocenters. The molecule has 1 amide bonds. The van der Waals surface area contributed by atoms with Crippen molar-refractivity contribution < 1.29 is 18.0 Å². The van der Waals surface area contributed by atoms with Crippen molar-refractivity contribution in [3.63, 3.8) is 0 Å². The molecule has 1 aliphatic rings. The smallest absolute Gasteiger partial charge is 0.347 e. The summed E-state index contributed by atoms with van der Waals surface area (Å²) in [5.41, 5.74) is 5.82. The number of carbonyl (C=O) groups excluding carboxylic acids is 1. The maximum Gasteiger partial charge on any atom is 0.405 e. The van der Waals surface area contributed by atoms with E-state index in [1.807, 2.05) is 12.2 Å². The standard InChI is InChI=1S/C10H17F3N2O/c1-6-3-2-4-7(8(6)14)9(16)15-5-10(11,12)13/h6-8H,2-5,14H2,1H3,(H,15,16).